The van der Waals surface area contributed by atoms with Crippen molar-refractivity contribution in [2.45, 2.75) is 25.4 Å². The largest absolute Gasteiger partial charge is 0.388 e. The Bertz CT molecular complexity index is 554. The number of carbonyl (C=O) groups is 1. The van der Waals surface area contributed by atoms with Gasteiger partial charge in [0.1, 0.15) is 6.61 Å². The summed E-state index contributed by atoms with van der Waals surface area (Å²) in [6, 6.07) is 7.09. The Morgan fingerprint density at radius 1 is 1.45 bits per heavy atom. The maximum Gasteiger partial charge on any atom is 0.255 e. The number of aliphatic hydroxyl groups is 2. The minimum absolute atomic E-state index is 0.118. The van der Waals surface area contributed by atoms with E-state index in [4.69, 9.17) is 5.11 Å². The summed E-state index contributed by atoms with van der Waals surface area (Å²) >= 11 is 0. The molecule has 1 heterocycles. The van der Waals surface area contributed by atoms with Crippen LogP contribution in [-0.2, 0) is 0 Å². The molecule has 0 bridgehead atoms. The van der Waals surface area contributed by atoms with Gasteiger partial charge in [0, 0.05) is 18.7 Å². The van der Waals surface area contributed by atoms with Crippen LogP contribution in [0.1, 0.15) is 35.7 Å². The van der Waals surface area contributed by atoms with Gasteiger partial charge in [-0.2, -0.15) is 0 Å². The Morgan fingerprint density at radius 3 is 2.90 bits per heavy atom. The van der Waals surface area contributed by atoms with Crippen molar-refractivity contribution >= 4 is 5.91 Å². The molecule has 1 unspecified atom stereocenters. The minimum Gasteiger partial charge on any atom is -0.388 e. The molecular weight excluding hydrogens is 254 g/mol. The van der Waals surface area contributed by atoms with Crippen molar-refractivity contribution in [1.29, 1.82) is 0 Å². The van der Waals surface area contributed by atoms with Gasteiger partial charge < -0.3 is 15.1 Å². The van der Waals surface area contributed by atoms with E-state index in [0.29, 0.717) is 30.6 Å². The van der Waals surface area contributed by atoms with E-state index in [1.165, 1.54) is 0 Å². The summed E-state index contributed by atoms with van der Waals surface area (Å²) in [6.07, 6.45) is 1.51. The molecule has 1 aliphatic rings. The molecule has 1 atom stereocenters. The first-order valence-corrected chi connectivity index (χ1v) is 6.74. The topological polar surface area (TPSA) is 60.8 Å². The highest BCUT2D eigenvalue weighted by molar-refractivity contribution is 5.96. The maximum absolute atomic E-state index is 12.6. The van der Waals surface area contributed by atoms with Gasteiger partial charge in [-0.05, 0) is 31.9 Å². The molecule has 1 aliphatic heterocycles. The van der Waals surface area contributed by atoms with Crippen LogP contribution in [0.25, 0.3) is 0 Å². The fourth-order valence-corrected chi connectivity index (χ4v) is 2.48. The van der Waals surface area contributed by atoms with Crippen molar-refractivity contribution < 1.29 is 15.0 Å². The Labute approximate surface area is 119 Å². The lowest BCUT2D eigenvalue weighted by Gasteiger charge is -2.37. The zero-order chi connectivity index (χ0) is 14.6. The van der Waals surface area contributed by atoms with Crippen molar-refractivity contribution in [3.05, 3.63) is 35.4 Å². The number of likely N-dealkylation sites (tertiary alicyclic amines) is 1. The molecule has 1 amide bonds. The third-order valence-electron chi connectivity index (χ3n) is 3.42. The Morgan fingerprint density at radius 2 is 2.20 bits per heavy atom. The van der Waals surface area contributed by atoms with E-state index in [2.05, 4.69) is 11.8 Å². The lowest BCUT2D eigenvalue weighted by Crippen LogP contribution is -2.48. The monoisotopic (exact) mass is 273 g/mol. The second-order valence-corrected chi connectivity index (χ2v) is 5.33. The summed E-state index contributed by atoms with van der Waals surface area (Å²) in [5.74, 6) is 5.24. The van der Waals surface area contributed by atoms with E-state index < -0.39 is 5.60 Å². The van der Waals surface area contributed by atoms with E-state index in [1.807, 2.05) is 6.07 Å². The van der Waals surface area contributed by atoms with Gasteiger partial charge >= 0.3 is 0 Å². The molecule has 0 aliphatic carbocycles. The molecule has 2 N–H and O–H groups in total. The van der Waals surface area contributed by atoms with E-state index in [9.17, 15) is 9.90 Å². The van der Waals surface area contributed by atoms with Crippen LogP contribution in [0.15, 0.2) is 24.3 Å². The third kappa shape index (κ3) is 3.38. The lowest BCUT2D eigenvalue weighted by atomic mass is 9.94. The highest BCUT2D eigenvalue weighted by Gasteiger charge is 2.31. The summed E-state index contributed by atoms with van der Waals surface area (Å²) in [6.45, 7) is 2.51. The standard InChI is InChI=1S/C16H19NO3/c1-16(20)9-5-10-17(12-16)15(19)14-8-3-2-6-13(14)7-4-11-18/h2-3,6,8,18,20H,5,9-12H2,1H3. The molecule has 1 aromatic rings. The molecule has 0 radical (unpaired) electrons. The summed E-state index contributed by atoms with van der Waals surface area (Å²) in [7, 11) is 0. The van der Waals surface area contributed by atoms with Crippen molar-refractivity contribution in [1.82, 2.24) is 4.90 Å². The molecule has 0 aromatic heterocycles. The normalized spacial score (nSPS) is 22.1. The van der Waals surface area contributed by atoms with Gasteiger partial charge in [0.15, 0.2) is 0 Å². The summed E-state index contributed by atoms with van der Waals surface area (Å²) in [5.41, 5.74) is 0.308. The van der Waals surface area contributed by atoms with Crippen LogP contribution in [0.5, 0.6) is 0 Å². The number of carbonyl (C=O) groups excluding carboxylic acids is 1. The molecule has 1 aromatic carbocycles. The first-order chi connectivity index (χ1) is 9.53. The van der Waals surface area contributed by atoms with Crippen molar-refractivity contribution in [3.63, 3.8) is 0 Å². The average molecular weight is 273 g/mol. The van der Waals surface area contributed by atoms with Gasteiger partial charge in [-0.25, -0.2) is 0 Å². The zero-order valence-electron chi connectivity index (χ0n) is 11.6. The Kier molecular flexibility index (Phi) is 4.43. The van der Waals surface area contributed by atoms with Gasteiger partial charge in [-0.1, -0.05) is 24.0 Å². The highest BCUT2D eigenvalue weighted by Crippen LogP contribution is 2.22. The van der Waals surface area contributed by atoms with Crippen molar-refractivity contribution in [2.75, 3.05) is 19.7 Å². The molecule has 20 heavy (non-hydrogen) atoms. The molecule has 1 fully saturated rings. The Hall–Kier alpha value is -1.83. The average Bonchev–Trinajstić information content (AvgIpc) is 2.43. The number of piperidine rings is 1. The van der Waals surface area contributed by atoms with Gasteiger partial charge in [-0.3, -0.25) is 4.79 Å². The van der Waals surface area contributed by atoms with Crippen LogP contribution in [-0.4, -0.2) is 46.3 Å². The maximum atomic E-state index is 12.6. The van der Waals surface area contributed by atoms with E-state index in [0.717, 1.165) is 6.42 Å². The van der Waals surface area contributed by atoms with Gasteiger partial charge in [0.25, 0.3) is 5.91 Å². The number of nitrogens with zero attached hydrogens (tertiary/aromatic N) is 1. The van der Waals surface area contributed by atoms with Gasteiger partial charge in [0.05, 0.1) is 11.2 Å². The first kappa shape index (κ1) is 14.6. The number of hydrogen-bond acceptors (Lipinski definition) is 3. The molecule has 0 spiro atoms. The molecule has 106 valence electrons. The van der Waals surface area contributed by atoms with Crippen molar-refractivity contribution in [3.8, 4) is 11.8 Å². The third-order valence-corrected chi connectivity index (χ3v) is 3.42. The quantitative estimate of drug-likeness (QED) is 0.751. The number of hydrogen-bond donors (Lipinski definition) is 2. The zero-order valence-corrected chi connectivity index (χ0v) is 11.6. The predicted molar refractivity (Wildman–Crippen MR) is 76.2 cm³/mol. The van der Waals surface area contributed by atoms with Crippen LogP contribution in [0, 0.1) is 11.8 Å². The molecule has 4 heteroatoms. The van der Waals surface area contributed by atoms with Crippen molar-refractivity contribution in [2.24, 2.45) is 0 Å². The number of rotatable bonds is 1. The van der Waals surface area contributed by atoms with Crippen LogP contribution < -0.4 is 0 Å². The Balaban J connectivity index is 2.25. The van der Waals surface area contributed by atoms with Crippen LogP contribution in [0.2, 0.25) is 0 Å². The van der Waals surface area contributed by atoms with Crippen LogP contribution in [0.4, 0.5) is 0 Å². The first-order valence-electron chi connectivity index (χ1n) is 6.74. The fourth-order valence-electron chi connectivity index (χ4n) is 2.48. The highest BCUT2D eigenvalue weighted by atomic mass is 16.3. The SMILES string of the molecule is CC1(O)CCCN(C(=O)c2ccccc2C#CCO)C1. The summed E-state index contributed by atoms with van der Waals surface area (Å²) in [5, 5.41) is 18.9. The van der Waals surface area contributed by atoms with Gasteiger partial charge in [-0.15, -0.1) is 0 Å². The lowest BCUT2D eigenvalue weighted by molar-refractivity contribution is -0.0107. The fraction of sp³-hybridized carbons (Fsp3) is 0.438. The summed E-state index contributed by atoms with van der Waals surface area (Å²) < 4.78 is 0. The number of β-amino-alcohol motifs (C(OH)–C–C–N with tert-alkyl or cyclic N) is 1. The van der Waals surface area contributed by atoms with Crippen LogP contribution in [0.3, 0.4) is 0 Å². The number of amides is 1. The number of benzene rings is 1. The van der Waals surface area contributed by atoms with Crippen LogP contribution >= 0.6 is 0 Å². The minimum atomic E-state index is -0.820. The second-order valence-electron chi connectivity index (χ2n) is 5.33. The van der Waals surface area contributed by atoms with E-state index in [1.54, 1.807) is 30.0 Å². The predicted octanol–water partition coefficient (Wildman–Crippen LogP) is 1.02. The molecule has 2 rings (SSSR count). The van der Waals surface area contributed by atoms with Gasteiger partial charge in [0.2, 0.25) is 0 Å². The molecule has 4 nitrogen and oxygen atoms in total. The smallest absolute Gasteiger partial charge is 0.255 e. The van der Waals surface area contributed by atoms with E-state index in [-0.39, 0.29) is 12.5 Å². The molecule has 0 saturated carbocycles. The summed E-state index contributed by atoms with van der Waals surface area (Å²) in [4.78, 5) is 14.2. The number of aliphatic hydroxyl groups excluding tert-OH is 1. The molecular formula is C16H19NO3. The second kappa shape index (κ2) is 6.08. The van der Waals surface area contributed by atoms with E-state index >= 15 is 0 Å². The molecule has 1 saturated heterocycles.